The summed E-state index contributed by atoms with van der Waals surface area (Å²) < 4.78 is 10.8. The molecule has 0 fully saturated rings. The van der Waals surface area contributed by atoms with Crippen molar-refractivity contribution in [1.29, 1.82) is 0 Å². The van der Waals surface area contributed by atoms with E-state index < -0.39 is 0 Å². The van der Waals surface area contributed by atoms with E-state index in [0.29, 0.717) is 12.5 Å². The second kappa shape index (κ2) is 11.2. The fourth-order valence-electron chi connectivity index (χ4n) is 2.41. The van der Waals surface area contributed by atoms with Gasteiger partial charge in [0.2, 0.25) is 0 Å². The van der Waals surface area contributed by atoms with Crippen molar-refractivity contribution in [3.63, 3.8) is 0 Å². The van der Waals surface area contributed by atoms with Gasteiger partial charge in [-0.2, -0.15) is 0 Å². The van der Waals surface area contributed by atoms with E-state index in [1.807, 2.05) is 24.4 Å². The molecule has 0 aliphatic rings. The number of ether oxygens (including phenoxy) is 2. The minimum Gasteiger partial charge on any atom is -0.497 e. The van der Waals surface area contributed by atoms with Gasteiger partial charge in [-0.25, -0.2) is 4.98 Å². The summed E-state index contributed by atoms with van der Waals surface area (Å²) in [5.41, 5.74) is 1.01. The van der Waals surface area contributed by atoms with Gasteiger partial charge >= 0.3 is 0 Å². The summed E-state index contributed by atoms with van der Waals surface area (Å²) in [6, 6.07) is 5.76. The summed E-state index contributed by atoms with van der Waals surface area (Å²) in [7, 11) is 5.08. The molecule has 8 heteroatoms. The average molecular weight is 490 g/mol. The van der Waals surface area contributed by atoms with E-state index >= 15 is 0 Å². The van der Waals surface area contributed by atoms with E-state index in [1.165, 1.54) is 4.88 Å². The molecule has 0 bridgehead atoms. The van der Waals surface area contributed by atoms with Crippen LogP contribution in [-0.2, 0) is 13.0 Å². The van der Waals surface area contributed by atoms with Gasteiger partial charge in [-0.05, 0) is 31.5 Å². The molecule has 2 rings (SSSR count). The summed E-state index contributed by atoms with van der Waals surface area (Å²) in [6.45, 7) is 4.84. The van der Waals surface area contributed by atoms with Gasteiger partial charge in [0.15, 0.2) is 5.96 Å². The van der Waals surface area contributed by atoms with Crippen molar-refractivity contribution in [2.45, 2.75) is 32.9 Å². The molecule has 0 aliphatic carbocycles. The number of nitrogens with one attached hydrogen (secondary N) is 2. The SMILES string of the molecule is CCc1cnc(CNC(=NC)NC(C)c2cc(OC)ccc2OC)s1.I. The van der Waals surface area contributed by atoms with Gasteiger partial charge in [0, 0.05) is 23.7 Å². The number of benzene rings is 1. The Morgan fingerprint density at radius 3 is 2.65 bits per heavy atom. The molecule has 0 saturated carbocycles. The molecule has 1 aromatic heterocycles. The summed E-state index contributed by atoms with van der Waals surface area (Å²) in [4.78, 5) is 10.00. The first-order valence-corrected chi connectivity index (χ1v) is 9.05. The van der Waals surface area contributed by atoms with Crippen LogP contribution in [0, 0.1) is 0 Å². The first kappa shape index (κ1) is 22.5. The minimum absolute atomic E-state index is 0. The highest BCUT2D eigenvalue weighted by Crippen LogP contribution is 2.29. The van der Waals surface area contributed by atoms with E-state index in [2.05, 4.69) is 34.5 Å². The molecule has 26 heavy (non-hydrogen) atoms. The number of aryl methyl sites for hydroxylation is 1. The van der Waals surface area contributed by atoms with Crippen molar-refractivity contribution in [2.75, 3.05) is 21.3 Å². The Kier molecular flexibility index (Phi) is 9.71. The Balaban J connectivity index is 0.00000338. The number of halogens is 1. The van der Waals surface area contributed by atoms with Crippen molar-refractivity contribution < 1.29 is 9.47 Å². The summed E-state index contributed by atoms with van der Waals surface area (Å²) in [5, 5.41) is 7.73. The smallest absolute Gasteiger partial charge is 0.191 e. The molecule has 144 valence electrons. The lowest BCUT2D eigenvalue weighted by atomic mass is 10.1. The molecule has 2 aromatic rings. The Hall–Kier alpha value is -1.55. The number of aliphatic imine (C=N–C) groups is 1. The number of guanidine groups is 1. The first-order valence-electron chi connectivity index (χ1n) is 8.23. The van der Waals surface area contributed by atoms with Crippen molar-refractivity contribution >= 4 is 41.3 Å². The molecule has 0 radical (unpaired) electrons. The lowest BCUT2D eigenvalue weighted by Crippen LogP contribution is -2.38. The monoisotopic (exact) mass is 490 g/mol. The topological polar surface area (TPSA) is 67.8 Å². The van der Waals surface area contributed by atoms with Crippen LogP contribution in [0.4, 0.5) is 0 Å². The molecule has 0 spiro atoms. The molecule has 0 saturated heterocycles. The van der Waals surface area contributed by atoms with Crippen LogP contribution in [0.2, 0.25) is 0 Å². The lowest BCUT2D eigenvalue weighted by molar-refractivity contribution is 0.394. The summed E-state index contributed by atoms with van der Waals surface area (Å²) in [6.07, 6.45) is 2.94. The van der Waals surface area contributed by atoms with Gasteiger partial charge < -0.3 is 20.1 Å². The quantitative estimate of drug-likeness (QED) is 0.352. The number of methoxy groups -OCH3 is 2. The number of hydrogen-bond donors (Lipinski definition) is 2. The van der Waals surface area contributed by atoms with Gasteiger partial charge in [-0.3, -0.25) is 4.99 Å². The Morgan fingerprint density at radius 2 is 2.08 bits per heavy atom. The largest absolute Gasteiger partial charge is 0.497 e. The third kappa shape index (κ3) is 6.01. The number of hydrogen-bond acceptors (Lipinski definition) is 5. The normalized spacial score (nSPS) is 12.1. The van der Waals surface area contributed by atoms with Gasteiger partial charge in [-0.1, -0.05) is 6.92 Å². The minimum atomic E-state index is -0.00116. The molecule has 6 nitrogen and oxygen atoms in total. The van der Waals surface area contributed by atoms with Gasteiger partial charge in [0.05, 0.1) is 26.8 Å². The number of nitrogens with zero attached hydrogens (tertiary/aromatic N) is 2. The Morgan fingerprint density at radius 1 is 1.31 bits per heavy atom. The first-order chi connectivity index (χ1) is 12.1. The molecule has 1 unspecified atom stereocenters. The molecule has 1 heterocycles. The summed E-state index contributed by atoms with van der Waals surface area (Å²) in [5.74, 6) is 2.32. The third-order valence-electron chi connectivity index (χ3n) is 3.84. The maximum absolute atomic E-state index is 5.46. The number of aromatic nitrogens is 1. The van der Waals surface area contributed by atoms with Crippen LogP contribution in [0.3, 0.4) is 0 Å². The van der Waals surface area contributed by atoms with Crippen LogP contribution >= 0.6 is 35.3 Å². The highest BCUT2D eigenvalue weighted by molar-refractivity contribution is 14.0. The standard InChI is InChI=1S/C18H26N4O2S.HI/c1-6-14-10-20-17(25-14)11-21-18(19-3)22-12(2)15-9-13(23-4)7-8-16(15)24-5;/h7-10,12H,6,11H2,1-5H3,(H2,19,21,22);1H. The second-order valence-electron chi connectivity index (χ2n) is 5.47. The molecule has 0 aliphatic heterocycles. The van der Waals surface area contributed by atoms with E-state index in [1.54, 1.807) is 32.6 Å². The van der Waals surface area contributed by atoms with Crippen LogP contribution < -0.4 is 20.1 Å². The highest BCUT2D eigenvalue weighted by Gasteiger charge is 2.14. The van der Waals surface area contributed by atoms with Gasteiger partial charge in [0.1, 0.15) is 16.5 Å². The maximum Gasteiger partial charge on any atom is 0.191 e. The van der Waals surface area contributed by atoms with Gasteiger partial charge in [-0.15, -0.1) is 35.3 Å². The van der Waals surface area contributed by atoms with Crippen molar-refractivity contribution in [2.24, 2.45) is 4.99 Å². The molecular weight excluding hydrogens is 463 g/mol. The zero-order valence-electron chi connectivity index (χ0n) is 15.8. The van der Waals surface area contributed by atoms with Crippen LogP contribution in [-0.4, -0.2) is 32.2 Å². The highest BCUT2D eigenvalue weighted by atomic mass is 127. The fraction of sp³-hybridized carbons (Fsp3) is 0.444. The van der Waals surface area contributed by atoms with Crippen molar-refractivity contribution in [3.8, 4) is 11.5 Å². The van der Waals surface area contributed by atoms with Crippen LogP contribution in [0.15, 0.2) is 29.4 Å². The van der Waals surface area contributed by atoms with Crippen LogP contribution in [0.5, 0.6) is 11.5 Å². The van der Waals surface area contributed by atoms with E-state index in [-0.39, 0.29) is 30.0 Å². The molecule has 1 aromatic carbocycles. The lowest BCUT2D eigenvalue weighted by Gasteiger charge is -2.20. The molecule has 2 N–H and O–H groups in total. The third-order valence-corrected chi connectivity index (χ3v) is 4.98. The maximum atomic E-state index is 5.46. The van der Waals surface area contributed by atoms with Crippen LogP contribution in [0.1, 0.15) is 35.3 Å². The molecular formula is C18H27IN4O2S. The fourth-order valence-corrected chi connectivity index (χ4v) is 3.21. The predicted octanol–water partition coefficient (Wildman–Crippen LogP) is 3.77. The van der Waals surface area contributed by atoms with E-state index in [9.17, 15) is 0 Å². The van der Waals surface area contributed by atoms with E-state index in [0.717, 1.165) is 28.5 Å². The average Bonchev–Trinajstić information content (AvgIpc) is 3.12. The predicted molar refractivity (Wildman–Crippen MR) is 118 cm³/mol. The van der Waals surface area contributed by atoms with Crippen molar-refractivity contribution in [3.05, 3.63) is 39.8 Å². The van der Waals surface area contributed by atoms with Gasteiger partial charge in [0.25, 0.3) is 0 Å². The zero-order chi connectivity index (χ0) is 18.2. The zero-order valence-corrected chi connectivity index (χ0v) is 19.0. The number of thiazole rings is 1. The van der Waals surface area contributed by atoms with Crippen molar-refractivity contribution in [1.82, 2.24) is 15.6 Å². The second-order valence-corrected chi connectivity index (χ2v) is 6.67. The Bertz CT molecular complexity index is 721. The molecule has 1 atom stereocenters. The molecule has 0 amide bonds. The summed E-state index contributed by atoms with van der Waals surface area (Å²) >= 11 is 1.72. The van der Waals surface area contributed by atoms with E-state index in [4.69, 9.17) is 9.47 Å². The number of rotatable bonds is 7. The Labute approximate surface area is 176 Å². The van der Waals surface area contributed by atoms with Crippen LogP contribution in [0.25, 0.3) is 0 Å².